The lowest BCUT2D eigenvalue weighted by Gasteiger charge is -2.47. The lowest BCUT2D eigenvalue weighted by atomic mass is 9.59. The molecule has 8 heteroatoms. The molecule has 1 heterocycles. The fourth-order valence-electron chi connectivity index (χ4n) is 4.97. The standard InChI is InChI=1S/C26H35N3O4S/c1-4-5-14-26(29-24(32)33,17-25(12-9-13-25)15-21-27-18(2)16-34-21)22(30)23(31)28-19(3)20-10-7-6-8-11-20/h6-8,10-11,16,19,29H,4-5,9,12-15,17H2,1-3H3,(H,28,31)(H,32,33)/t19-,26?/m1/s1. The van der Waals surface area contributed by atoms with Crippen molar-refractivity contribution in [3.8, 4) is 0 Å². The second-order valence-electron chi connectivity index (χ2n) is 9.64. The molecule has 0 bridgehead atoms. The van der Waals surface area contributed by atoms with E-state index in [1.54, 1.807) is 11.3 Å². The number of thiazole rings is 1. The van der Waals surface area contributed by atoms with Crippen molar-refractivity contribution < 1.29 is 19.5 Å². The van der Waals surface area contributed by atoms with Crippen molar-refractivity contribution in [2.24, 2.45) is 5.41 Å². The van der Waals surface area contributed by atoms with Crippen molar-refractivity contribution in [3.05, 3.63) is 52.0 Å². The van der Waals surface area contributed by atoms with E-state index in [9.17, 15) is 19.5 Å². The third-order valence-corrected chi connectivity index (χ3v) is 7.84. The molecule has 184 valence electrons. The monoisotopic (exact) mass is 485 g/mol. The smallest absolute Gasteiger partial charge is 0.405 e. The van der Waals surface area contributed by atoms with Gasteiger partial charge in [-0.25, -0.2) is 9.78 Å². The molecule has 3 rings (SSSR count). The Balaban J connectivity index is 1.88. The quantitative estimate of drug-likeness (QED) is 0.358. The van der Waals surface area contributed by atoms with Gasteiger partial charge < -0.3 is 15.7 Å². The van der Waals surface area contributed by atoms with Crippen molar-refractivity contribution in [2.75, 3.05) is 0 Å². The normalized spacial score (nSPS) is 17.1. The maximum atomic E-state index is 13.7. The Labute approximate surface area is 205 Å². The summed E-state index contributed by atoms with van der Waals surface area (Å²) in [5, 5.41) is 18.0. The lowest BCUT2D eigenvalue weighted by molar-refractivity contribution is -0.143. The third kappa shape index (κ3) is 6.23. The number of ketones is 1. The van der Waals surface area contributed by atoms with E-state index in [4.69, 9.17) is 0 Å². The van der Waals surface area contributed by atoms with Gasteiger partial charge >= 0.3 is 6.09 Å². The number of unbranched alkanes of at least 4 members (excludes halogenated alkanes) is 1. The Morgan fingerprint density at radius 1 is 1.24 bits per heavy atom. The number of aryl methyl sites for hydroxylation is 1. The number of nitrogens with one attached hydrogen (secondary N) is 2. The van der Waals surface area contributed by atoms with Crippen LogP contribution in [0.4, 0.5) is 4.79 Å². The Kier molecular flexibility index (Phi) is 8.47. The first-order chi connectivity index (χ1) is 16.2. The van der Waals surface area contributed by atoms with E-state index < -0.39 is 23.3 Å². The molecule has 1 unspecified atom stereocenters. The number of Topliss-reactive ketones (excluding diaryl/α,β-unsaturated/α-hetero) is 1. The summed E-state index contributed by atoms with van der Waals surface area (Å²) in [6.07, 6.45) is 4.22. The first-order valence-electron chi connectivity index (χ1n) is 12.0. The van der Waals surface area contributed by atoms with Gasteiger partial charge in [0.1, 0.15) is 5.54 Å². The van der Waals surface area contributed by atoms with Crippen LogP contribution in [0.25, 0.3) is 0 Å². The van der Waals surface area contributed by atoms with Gasteiger partial charge in [-0.2, -0.15) is 0 Å². The number of carbonyl (C=O) groups excluding carboxylic acids is 2. The van der Waals surface area contributed by atoms with E-state index in [2.05, 4.69) is 15.6 Å². The molecule has 7 nitrogen and oxygen atoms in total. The van der Waals surface area contributed by atoms with E-state index in [0.29, 0.717) is 25.7 Å². The lowest BCUT2D eigenvalue weighted by Crippen LogP contribution is -2.61. The Morgan fingerprint density at radius 2 is 1.94 bits per heavy atom. The van der Waals surface area contributed by atoms with Gasteiger partial charge in [0.15, 0.2) is 0 Å². The molecule has 3 N–H and O–H groups in total. The van der Waals surface area contributed by atoms with Crippen LogP contribution in [0.1, 0.15) is 81.1 Å². The van der Waals surface area contributed by atoms with Gasteiger partial charge in [0, 0.05) is 17.5 Å². The number of rotatable bonds is 12. The fraction of sp³-hybridized carbons (Fsp3) is 0.538. The number of hydrogen-bond donors (Lipinski definition) is 3. The highest BCUT2D eigenvalue weighted by molar-refractivity contribution is 7.09. The van der Waals surface area contributed by atoms with E-state index >= 15 is 0 Å². The van der Waals surface area contributed by atoms with Crippen LogP contribution in [0.2, 0.25) is 0 Å². The molecule has 1 aromatic heterocycles. The number of carboxylic acid groups (broad SMARTS) is 1. The van der Waals surface area contributed by atoms with Gasteiger partial charge in [-0.05, 0) is 50.5 Å². The second kappa shape index (κ2) is 11.1. The topological polar surface area (TPSA) is 108 Å². The van der Waals surface area contributed by atoms with Gasteiger partial charge in [0.2, 0.25) is 5.78 Å². The molecule has 1 aromatic carbocycles. The minimum absolute atomic E-state index is 0.249. The SMILES string of the molecule is CCCCC(CC1(Cc2nc(C)cs2)CCC1)(NC(=O)O)C(=O)C(=O)N[C@H](C)c1ccccc1. The average Bonchev–Trinajstić information content (AvgIpc) is 3.19. The Hall–Kier alpha value is -2.74. The van der Waals surface area contributed by atoms with Crippen molar-refractivity contribution in [1.82, 2.24) is 15.6 Å². The zero-order valence-electron chi connectivity index (χ0n) is 20.2. The highest BCUT2D eigenvalue weighted by Crippen LogP contribution is 2.50. The zero-order chi connectivity index (χ0) is 24.8. The van der Waals surface area contributed by atoms with Gasteiger partial charge in [-0.15, -0.1) is 11.3 Å². The molecule has 0 aliphatic heterocycles. The van der Waals surface area contributed by atoms with Gasteiger partial charge in [-0.3, -0.25) is 9.59 Å². The number of aromatic nitrogens is 1. The number of amides is 2. The van der Waals surface area contributed by atoms with Gasteiger partial charge in [0.25, 0.3) is 5.91 Å². The first-order valence-corrected chi connectivity index (χ1v) is 12.9. The highest BCUT2D eigenvalue weighted by Gasteiger charge is 2.51. The number of nitrogens with zero attached hydrogens (tertiary/aromatic N) is 1. The predicted molar refractivity (Wildman–Crippen MR) is 133 cm³/mol. The predicted octanol–water partition coefficient (Wildman–Crippen LogP) is 5.20. The Bertz CT molecular complexity index is 1000. The summed E-state index contributed by atoms with van der Waals surface area (Å²) < 4.78 is 0. The largest absolute Gasteiger partial charge is 0.465 e. The minimum atomic E-state index is -1.46. The molecule has 2 atom stereocenters. The highest BCUT2D eigenvalue weighted by atomic mass is 32.1. The van der Waals surface area contributed by atoms with Crippen LogP contribution < -0.4 is 10.6 Å². The third-order valence-electron chi connectivity index (χ3n) is 6.88. The van der Waals surface area contributed by atoms with E-state index in [1.807, 2.05) is 56.5 Å². The second-order valence-corrected chi connectivity index (χ2v) is 10.6. The van der Waals surface area contributed by atoms with Crippen LogP contribution in [-0.2, 0) is 16.0 Å². The molecule has 34 heavy (non-hydrogen) atoms. The van der Waals surface area contributed by atoms with E-state index in [1.165, 1.54) is 0 Å². The molecular weight excluding hydrogens is 450 g/mol. The van der Waals surface area contributed by atoms with Crippen molar-refractivity contribution >= 4 is 29.1 Å². The van der Waals surface area contributed by atoms with E-state index in [-0.39, 0.29) is 11.5 Å². The van der Waals surface area contributed by atoms with Crippen LogP contribution in [0.15, 0.2) is 35.7 Å². The molecule has 2 amide bonds. The molecule has 1 fully saturated rings. The summed E-state index contributed by atoms with van der Waals surface area (Å²) in [6.45, 7) is 5.76. The summed E-state index contributed by atoms with van der Waals surface area (Å²) in [5.74, 6) is -1.45. The minimum Gasteiger partial charge on any atom is -0.465 e. The summed E-state index contributed by atoms with van der Waals surface area (Å²) in [7, 11) is 0. The molecule has 1 aliphatic rings. The molecule has 2 aromatic rings. The van der Waals surface area contributed by atoms with Crippen LogP contribution in [0.3, 0.4) is 0 Å². The molecule has 0 saturated heterocycles. The molecule has 1 aliphatic carbocycles. The number of carbonyl (C=O) groups is 3. The first kappa shape index (κ1) is 25.9. The van der Waals surface area contributed by atoms with Gasteiger partial charge in [0.05, 0.1) is 11.0 Å². The van der Waals surface area contributed by atoms with E-state index in [0.717, 1.165) is 41.9 Å². The molecule has 0 spiro atoms. The summed E-state index contributed by atoms with van der Waals surface area (Å²) in [6, 6.07) is 9.03. The maximum absolute atomic E-state index is 13.7. The van der Waals surface area contributed by atoms with Crippen LogP contribution >= 0.6 is 11.3 Å². The number of benzene rings is 1. The van der Waals surface area contributed by atoms with Crippen molar-refractivity contribution in [3.63, 3.8) is 0 Å². The average molecular weight is 486 g/mol. The molecule has 0 radical (unpaired) electrons. The fourth-order valence-corrected chi connectivity index (χ4v) is 5.92. The van der Waals surface area contributed by atoms with Crippen molar-refractivity contribution in [2.45, 2.75) is 83.7 Å². The summed E-state index contributed by atoms with van der Waals surface area (Å²) in [5.41, 5.74) is 0.126. The Morgan fingerprint density at radius 3 is 2.47 bits per heavy atom. The van der Waals surface area contributed by atoms with Crippen LogP contribution in [0, 0.1) is 12.3 Å². The maximum Gasteiger partial charge on any atom is 0.405 e. The number of hydrogen-bond acceptors (Lipinski definition) is 5. The van der Waals surface area contributed by atoms with Crippen LogP contribution in [0.5, 0.6) is 0 Å². The van der Waals surface area contributed by atoms with Crippen molar-refractivity contribution in [1.29, 1.82) is 0 Å². The van der Waals surface area contributed by atoms with Crippen LogP contribution in [-0.4, -0.2) is 33.4 Å². The molecular formula is C26H35N3O4S. The molecule has 1 saturated carbocycles. The summed E-state index contributed by atoms with van der Waals surface area (Å²) in [4.78, 5) is 43.4. The zero-order valence-corrected chi connectivity index (χ0v) is 21.0. The summed E-state index contributed by atoms with van der Waals surface area (Å²) >= 11 is 1.59. The van der Waals surface area contributed by atoms with Gasteiger partial charge in [-0.1, -0.05) is 56.5 Å².